The van der Waals surface area contributed by atoms with Gasteiger partial charge in [-0.3, -0.25) is 0 Å². The Kier molecular flexibility index (Phi) is 5.58. The zero-order chi connectivity index (χ0) is 19.3. The molecule has 0 spiro atoms. The fourth-order valence-corrected chi connectivity index (χ4v) is 3.40. The molecule has 0 saturated carbocycles. The van der Waals surface area contributed by atoms with Crippen molar-refractivity contribution in [3.8, 4) is 11.3 Å². The maximum Gasteiger partial charge on any atom is 0.337 e. The Labute approximate surface area is 157 Å². The number of methoxy groups -OCH3 is 1. The molecule has 1 aromatic heterocycles. The number of sulfonamides is 1. The average Bonchev–Trinajstić information content (AvgIpc) is 2.73. The van der Waals surface area contributed by atoms with Crippen LogP contribution in [0, 0.1) is 0 Å². The molecule has 7 nitrogen and oxygen atoms in total. The van der Waals surface area contributed by atoms with Crippen molar-refractivity contribution in [3.63, 3.8) is 0 Å². The van der Waals surface area contributed by atoms with E-state index in [4.69, 9.17) is 0 Å². The number of nitrogens with zero attached hydrogens (tertiary/aromatic N) is 2. The molecule has 0 radical (unpaired) electrons. The smallest absolute Gasteiger partial charge is 0.337 e. The highest BCUT2D eigenvalue weighted by Crippen LogP contribution is 2.17. The molecule has 0 atom stereocenters. The lowest BCUT2D eigenvalue weighted by Gasteiger charge is -2.08. The molecule has 0 amide bonds. The Morgan fingerprint density at radius 1 is 1.04 bits per heavy atom. The third kappa shape index (κ3) is 4.55. The molecule has 3 rings (SSSR count). The summed E-state index contributed by atoms with van der Waals surface area (Å²) in [6.45, 7) is 0.0173. The second-order valence-corrected chi connectivity index (χ2v) is 7.37. The third-order valence-electron chi connectivity index (χ3n) is 3.82. The number of carbonyl (C=O) groups excluding carboxylic acids is 1. The van der Waals surface area contributed by atoms with Gasteiger partial charge in [0, 0.05) is 5.56 Å². The van der Waals surface area contributed by atoms with Crippen LogP contribution < -0.4 is 4.72 Å². The Hall–Kier alpha value is -3.10. The summed E-state index contributed by atoms with van der Waals surface area (Å²) in [6.07, 6.45) is 1.40. The van der Waals surface area contributed by atoms with Crippen LogP contribution in [0.3, 0.4) is 0 Å². The molecule has 2 aromatic carbocycles. The standard InChI is InChI=1S/C19H17N3O4S/c1-26-19(23)15-7-9-17(10-8-15)27(24,25)22-12-16-11-18(21-13-20-16)14-5-3-2-4-6-14/h2-11,13,22H,12H2,1H3. The lowest BCUT2D eigenvalue weighted by Crippen LogP contribution is -2.23. The van der Waals surface area contributed by atoms with E-state index in [1.54, 1.807) is 6.07 Å². The van der Waals surface area contributed by atoms with Crippen LogP contribution in [-0.2, 0) is 21.3 Å². The fourth-order valence-electron chi connectivity index (χ4n) is 2.40. The molecular formula is C19H17N3O4S. The van der Waals surface area contributed by atoms with Gasteiger partial charge in [0.05, 0.1) is 35.5 Å². The molecule has 27 heavy (non-hydrogen) atoms. The van der Waals surface area contributed by atoms with Crippen LogP contribution in [-0.4, -0.2) is 31.5 Å². The van der Waals surface area contributed by atoms with Gasteiger partial charge in [-0.25, -0.2) is 27.9 Å². The highest BCUT2D eigenvalue weighted by Gasteiger charge is 2.15. The lowest BCUT2D eigenvalue weighted by atomic mass is 10.1. The van der Waals surface area contributed by atoms with Gasteiger partial charge in [0.25, 0.3) is 0 Å². The Morgan fingerprint density at radius 3 is 2.41 bits per heavy atom. The first-order chi connectivity index (χ1) is 13.0. The van der Waals surface area contributed by atoms with E-state index < -0.39 is 16.0 Å². The topological polar surface area (TPSA) is 98.2 Å². The Bertz CT molecular complexity index is 1040. The number of esters is 1. The van der Waals surface area contributed by atoms with Gasteiger partial charge in [-0.05, 0) is 30.3 Å². The normalized spacial score (nSPS) is 11.1. The van der Waals surface area contributed by atoms with Gasteiger partial charge < -0.3 is 4.74 Å². The van der Waals surface area contributed by atoms with Crippen LogP contribution >= 0.6 is 0 Å². The van der Waals surface area contributed by atoms with Gasteiger partial charge in [-0.1, -0.05) is 30.3 Å². The Balaban J connectivity index is 1.73. The van der Waals surface area contributed by atoms with Crippen LogP contribution in [0.15, 0.2) is 71.9 Å². The van der Waals surface area contributed by atoms with E-state index in [9.17, 15) is 13.2 Å². The van der Waals surface area contributed by atoms with E-state index in [-0.39, 0.29) is 17.0 Å². The minimum atomic E-state index is -3.75. The molecule has 138 valence electrons. The van der Waals surface area contributed by atoms with Crippen LogP contribution in [0.25, 0.3) is 11.3 Å². The highest BCUT2D eigenvalue weighted by atomic mass is 32.2. The number of hydrogen-bond donors (Lipinski definition) is 1. The van der Waals surface area contributed by atoms with E-state index in [2.05, 4.69) is 19.4 Å². The first-order valence-electron chi connectivity index (χ1n) is 8.04. The number of carbonyl (C=O) groups is 1. The number of ether oxygens (including phenoxy) is 1. The molecule has 0 aliphatic heterocycles. The monoisotopic (exact) mass is 383 g/mol. The summed E-state index contributed by atoms with van der Waals surface area (Å²) in [5.41, 5.74) is 2.45. The minimum Gasteiger partial charge on any atom is -0.465 e. The van der Waals surface area contributed by atoms with Crippen molar-refractivity contribution in [3.05, 3.63) is 78.2 Å². The van der Waals surface area contributed by atoms with Crippen molar-refractivity contribution < 1.29 is 17.9 Å². The summed E-state index contributed by atoms with van der Waals surface area (Å²) in [4.78, 5) is 19.8. The van der Waals surface area contributed by atoms with Gasteiger partial charge in [0.15, 0.2) is 0 Å². The molecule has 0 unspecified atom stereocenters. The summed E-state index contributed by atoms with van der Waals surface area (Å²) in [5, 5.41) is 0. The van der Waals surface area contributed by atoms with Gasteiger partial charge in [0.1, 0.15) is 6.33 Å². The van der Waals surface area contributed by atoms with E-state index in [1.165, 1.54) is 37.7 Å². The zero-order valence-electron chi connectivity index (χ0n) is 14.5. The predicted octanol–water partition coefficient (Wildman–Crippen LogP) is 2.41. The molecule has 1 N–H and O–H groups in total. The Morgan fingerprint density at radius 2 is 1.74 bits per heavy atom. The van der Waals surface area contributed by atoms with Crippen molar-refractivity contribution in [2.45, 2.75) is 11.4 Å². The average molecular weight is 383 g/mol. The second-order valence-electron chi connectivity index (χ2n) is 5.60. The van der Waals surface area contributed by atoms with Crippen molar-refractivity contribution >= 4 is 16.0 Å². The van der Waals surface area contributed by atoms with Gasteiger partial charge in [-0.2, -0.15) is 0 Å². The molecule has 0 aliphatic rings. The summed E-state index contributed by atoms with van der Waals surface area (Å²) < 4.78 is 32.0. The summed E-state index contributed by atoms with van der Waals surface area (Å²) in [5.74, 6) is -0.527. The number of hydrogen-bond acceptors (Lipinski definition) is 6. The minimum absolute atomic E-state index is 0.0173. The van der Waals surface area contributed by atoms with Crippen LogP contribution in [0.1, 0.15) is 16.1 Å². The van der Waals surface area contributed by atoms with Crippen molar-refractivity contribution in [1.29, 1.82) is 0 Å². The molecule has 8 heteroatoms. The number of benzene rings is 2. The highest BCUT2D eigenvalue weighted by molar-refractivity contribution is 7.89. The van der Waals surface area contributed by atoms with Gasteiger partial charge >= 0.3 is 5.97 Å². The van der Waals surface area contributed by atoms with E-state index in [1.807, 2.05) is 30.3 Å². The maximum absolute atomic E-state index is 12.4. The maximum atomic E-state index is 12.4. The van der Waals surface area contributed by atoms with Gasteiger partial charge in [-0.15, -0.1) is 0 Å². The molecule has 0 aliphatic carbocycles. The van der Waals surface area contributed by atoms with Crippen LogP contribution in [0.4, 0.5) is 0 Å². The molecule has 1 heterocycles. The summed E-state index contributed by atoms with van der Waals surface area (Å²) >= 11 is 0. The van der Waals surface area contributed by atoms with Crippen molar-refractivity contribution in [2.24, 2.45) is 0 Å². The second kappa shape index (κ2) is 8.07. The molecule has 3 aromatic rings. The third-order valence-corrected chi connectivity index (χ3v) is 5.24. The zero-order valence-corrected chi connectivity index (χ0v) is 15.3. The van der Waals surface area contributed by atoms with Crippen molar-refractivity contribution in [1.82, 2.24) is 14.7 Å². The predicted molar refractivity (Wildman–Crippen MR) is 99.3 cm³/mol. The summed E-state index contributed by atoms with van der Waals surface area (Å²) in [7, 11) is -2.48. The van der Waals surface area contributed by atoms with E-state index >= 15 is 0 Å². The first-order valence-corrected chi connectivity index (χ1v) is 9.52. The molecule has 0 bridgehead atoms. The first kappa shape index (κ1) is 18.7. The number of nitrogens with one attached hydrogen (secondary N) is 1. The molecular weight excluding hydrogens is 366 g/mol. The number of rotatable bonds is 6. The van der Waals surface area contributed by atoms with Crippen LogP contribution in [0.5, 0.6) is 0 Å². The fraction of sp³-hybridized carbons (Fsp3) is 0.105. The summed E-state index contributed by atoms with van der Waals surface area (Å²) in [6, 6.07) is 16.8. The quantitative estimate of drug-likeness (QED) is 0.657. The SMILES string of the molecule is COC(=O)c1ccc(S(=O)(=O)NCc2cc(-c3ccccc3)ncn2)cc1. The van der Waals surface area contributed by atoms with E-state index in [0.29, 0.717) is 11.4 Å². The largest absolute Gasteiger partial charge is 0.465 e. The molecule has 0 saturated heterocycles. The van der Waals surface area contributed by atoms with Gasteiger partial charge in [0.2, 0.25) is 10.0 Å². The number of aromatic nitrogens is 2. The molecule has 0 fully saturated rings. The lowest BCUT2D eigenvalue weighted by molar-refractivity contribution is 0.0600. The van der Waals surface area contributed by atoms with Crippen molar-refractivity contribution in [2.75, 3.05) is 7.11 Å². The van der Waals surface area contributed by atoms with Crippen LogP contribution in [0.2, 0.25) is 0 Å². The van der Waals surface area contributed by atoms with E-state index in [0.717, 1.165) is 5.56 Å².